The van der Waals surface area contributed by atoms with Gasteiger partial charge in [-0.15, -0.1) is 0 Å². The maximum atomic E-state index is 12.5. The van der Waals surface area contributed by atoms with Gasteiger partial charge in [-0.05, 0) is 30.5 Å². The molecule has 7 heteroatoms. The van der Waals surface area contributed by atoms with Gasteiger partial charge < -0.3 is 4.90 Å². The van der Waals surface area contributed by atoms with Crippen LogP contribution in [0, 0.1) is 11.8 Å². The second-order valence-electron chi connectivity index (χ2n) is 6.76. The number of likely N-dealkylation sites (N-methyl/N-ethyl adjacent to an activating group) is 1. The highest BCUT2D eigenvalue weighted by atomic mass is 35.5. The van der Waals surface area contributed by atoms with Crippen molar-refractivity contribution in [2.24, 2.45) is 11.8 Å². The first kappa shape index (κ1) is 18.2. The third kappa shape index (κ3) is 3.67. The SMILES string of the molecule is CN(Cc1ccc(Cl)c(Cl)c1)C(=O)CN1C(=O)C2CCCCC2C1=O. The molecule has 0 N–H and O–H groups in total. The van der Waals surface area contributed by atoms with Crippen molar-refractivity contribution in [2.75, 3.05) is 13.6 Å². The highest BCUT2D eigenvalue weighted by Crippen LogP contribution is 2.37. The van der Waals surface area contributed by atoms with E-state index in [-0.39, 0.29) is 36.1 Å². The average molecular weight is 383 g/mol. The molecule has 3 amide bonds. The summed E-state index contributed by atoms with van der Waals surface area (Å²) in [5, 5.41) is 0.879. The topological polar surface area (TPSA) is 57.7 Å². The summed E-state index contributed by atoms with van der Waals surface area (Å²) in [7, 11) is 1.64. The minimum absolute atomic E-state index is 0.189. The number of halogens is 2. The number of rotatable bonds is 4. The van der Waals surface area contributed by atoms with Crippen molar-refractivity contribution in [1.29, 1.82) is 0 Å². The quantitative estimate of drug-likeness (QED) is 0.751. The van der Waals surface area contributed by atoms with E-state index in [0.717, 1.165) is 36.1 Å². The summed E-state index contributed by atoms with van der Waals surface area (Å²) in [5.41, 5.74) is 0.831. The van der Waals surface area contributed by atoms with Gasteiger partial charge in [0.25, 0.3) is 0 Å². The fraction of sp³-hybridized carbons (Fsp3) is 0.500. The van der Waals surface area contributed by atoms with Gasteiger partial charge in [-0.2, -0.15) is 0 Å². The second-order valence-corrected chi connectivity index (χ2v) is 7.57. The molecule has 2 atom stereocenters. The van der Waals surface area contributed by atoms with E-state index in [1.54, 1.807) is 25.2 Å². The van der Waals surface area contributed by atoms with Crippen LogP contribution in [0.15, 0.2) is 18.2 Å². The Morgan fingerprint density at radius 2 is 1.72 bits per heavy atom. The molecule has 25 heavy (non-hydrogen) atoms. The van der Waals surface area contributed by atoms with Crippen molar-refractivity contribution in [1.82, 2.24) is 9.80 Å². The molecule has 1 aromatic carbocycles. The molecule has 5 nitrogen and oxygen atoms in total. The summed E-state index contributed by atoms with van der Waals surface area (Å²) in [6.45, 7) is 0.140. The number of benzene rings is 1. The lowest BCUT2D eigenvalue weighted by Crippen LogP contribution is -2.41. The molecule has 1 saturated heterocycles. The summed E-state index contributed by atoms with van der Waals surface area (Å²) >= 11 is 11.9. The molecule has 0 bridgehead atoms. The van der Waals surface area contributed by atoms with Gasteiger partial charge in [0.1, 0.15) is 6.54 Å². The highest BCUT2D eigenvalue weighted by molar-refractivity contribution is 6.42. The Hall–Kier alpha value is -1.59. The molecule has 1 heterocycles. The average Bonchev–Trinajstić information content (AvgIpc) is 2.83. The zero-order chi connectivity index (χ0) is 18.1. The van der Waals surface area contributed by atoms with Crippen LogP contribution in [0.3, 0.4) is 0 Å². The van der Waals surface area contributed by atoms with Gasteiger partial charge in [0.15, 0.2) is 0 Å². The van der Waals surface area contributed by atoms with Crippen LogP contribution in [0.1, 0.15) is 31.2 Å². The van der Waals surface area contributed by atoms with E-state index < -0.39 is 0 Å². The zero-order valence-corrected chi connectivity index (χ0v) is 15.5. The van der Waals surface area contributed by atoms with Gasteiger partial charge in [-0.1, -0.05) is 42.1 Å². The Kier molecular flexibility index (Phi) is 5.35. The van der Waals surface area contributed by atoms with E-state index in [4.69, 9.17) is 23.2 Å². The minimum atomic E-state index is -0.272. The van der Waals surface area contributed by atoms with Gasteiger partial charge in [-0.3, -0.25) is 19.3 Å². The van der Waals surface area contributed by atoms with Crippen LogP contribution in [0.5, 0.6) is 0 Å². The number of likely N-dealkylation sites (tertiary alicyclic amines) is 1. The Morgan fingerprint density at radius 1 is 1.12 bits per heavy atom. The lowest BCUT2D eigenvalue weighted by molar-refractivity contribution is -0.146. The third-order valence-corrected chi connectivity index (χ3v) is 5.79. The lowest BCUT2D eigenvalue weighted by Gasteiger charge is -2.21. The normalized spacial score (nSPS) is 22.9. The summed E-state index contributed by atoms with van der Waals surface area (Å²) in [6.07, 6.45) is 3.44. The first-order chi connectivity index (χ1) is 11.9. The standard InChI is InChI=1S/C18H20Cl2N2O3/c1-21(9-11-6-7-14(19)15(20)8-11)16(23)10-22-17(24)12-4-2-3-5-13(12)18(22)25/h6-8,12-13H,2-5,9-10H2,1H3. The number of amides is 3. The van der Waals surface area contributed by atoms with Gasteiger partial charge in [0.2, 0.25) is 17.7 Å². The van der Waals surface area contributed by atoms with Crippen LogP contribution in [0.4, 0.5) is 0 Å². The summed E-state index contributed by atoms with van der Waals surface area (Å²) in [4.78, 5) is 40.0. The predicted octanol–water partition coefficient (Wildman–Crippen LogP) is 3.13. The molecule has 2 aliphatic rings. The van der Waals surface area contributed by atoms with Crippen molar-refractivity contribution in [3.63, 3.8) is 0 Å². The summed E-state index contributed by atoms with van der Waals surface area (Å²) < 4.78 is 0. The molecule has 0 spiro atoms. The molecule has 0 aromatic heterocycles. The molecule has 1 aliphatic carbocycles. The molecular formula is C18H20Cl2N2O3. The van der Waals surface area contributed by atoms with E-state index in [1.807, 2.05) is 0 Å². The summed E-state index contributed by atoms with van der Waals surface area (Å²) in [6, 6.07) is 5.17. The maximum absolute atomic E-state index is 12.5. The molecule has 134 valence electrons. The van der Waals surface area contributed by atoms with Crippen molar-refractivity contribution in [3.8, 4) is 0 Å². The van der Waals surface area contributed by atoms with E-state index in [0.29, 0.717) is 16.6 Å². The molecule has 2 fully saturated rings. The van der Waals surface area contributed by atoms with Crippen LogP contribution in [-0.4, -0.2) is 41.1 Å². The zero-order valence-electron chi connectivity index (χ0n) is 14.0. The monoisotopic (exact) mass is 382 g/mol. The number of fused-ring (bicyclic) bond motifs is 1. The predicted molar refractivity (Wildman–Crippen MR) is 95.1 cm³/mol. The van der Waals surface area contributed by atoms with Crippen LogP contribution < -0.4 is 0 Å². The molecule has 1 saturated carbocycles. The number of carbonyl (C=O) groups excluding carboxylic acids is 3. The number of nitrogens with zero attached hydrogens (tertiary/aromatic N) is 2. The van der Waals surface area contributed by atoms with Crippen molar-refractivity contribution < 1.29 is 14.4 Å². The Morgan fingerprint density at radius 3 is 2.28 bits per heavy atom. The molecular weight excluding hydrogens is 363 g/mol. The highest BCUT2D eigenvalue weighted by Gasteiger charge is 2.48. The van der Waals surface area contributed by atoms with E-state index in [1.165, 1.54) is 4.90 Å². The number of imide groups is 1. The van der Waals surface area contributed by atoms with Crippen LogP contribution in [0.2, 0.25) is 10.0 Å². The Balaban J connectivity index is 1.64. The van der Waals surface area contributed by atoms with E-state index in [2.05, 4.69) is 0 Å². The van der Waals surface area contributed by atoms with Crippen molar-refractivity contribution in [2.45, 2.75) is 32.2 Å². The smallest absolute Gasteiger partial charge is 0.242 e. The van der Waals surface area contributed by atoms with Crippen molar-refractivity contribution >= 4 is 40.9 Å². The van der Waals surface area contributed by atoms with Crippen molar-refractivity contribution in [3.05, 3.63) is 33.8 Å². The van der Waals surface area contributed by atoms with Crippen LogP contribution >= 0.6 is 23.2 Å². The van der Waals surface area contributed by atoms with Gasteiger partial charge in [0.05, 0.1) is 21.9 Å². The first-order valence-corrected chi connectivity index (χ1v) is 9.17. The van der Waals surface area contributed by atoms with Crippen LogP contribution in [0.25, 0.3) is 0 Å². The van der Waals surface area contributed by atoms with Gasteiger partial charge in [-0.25, -0.2) is 0 Å². The van der Waals surface area contributed by atoms with E-state index in [9.17, 15) is 14.4 Å². The van der Waals surface area contributed by atoms with Crippen LogP contribution in [-0.2, 0) is 20.9 Å². The minimum Gasteiger partial charge on any atom is -0.340 e. The Bertz CT molecular complexity index is 698. The molecule has 3 rings (SSSR count). The third-order valence-electron chi connectivity index (χ3n) is 5.06. The molecule has 0 radical (unpaired) electrons. The fourth-order valence-electron chi connectivity index (χ4n) is 3.64. The largest absolute Gasteiger partial charge is 0.340 e. The molecule has 2 unspecified atom stereocenters. The first-order valence-electron chi connectivity index (χ1n) is 8.41. The number of carbonyl (C=O) groups is 3. The summed E-state index contributed by atoms with van der Waals surface area (Å²) in [5.74, 6) is -1.10. The number of hydrogen-bond donors (Lipinski definition) is 0. The van der Waals surface area contributed by atoms with Gasteiger partial charge >= 0.3 is 0 Å². The number of hydrogen-bond acceptors (Lipinski definition) is 3. The Labute approximate surface area is 156 Å². The second kappa shape index (κ2) is 7.34. The van der Waals surface area contributed by atoms with E-state index >= 15 is 0 Å². The maximum Gasteiger partial charge on any atom is 0.242 e. The molecule has 1 aromatic rings. The molecule has 1 aliphatic heterocycles. The fourth-order valence-corrected chi connectivity index (χ4v) is 3.96. The van der Waals surface area contributed by atoms with Gasteiger partial charge in [0, 0.05) is 13.6 Å². The lowest BCUT2D eigenvalue weighted by atomic mass is 9.81.